The summed E-state index contributed by atoms with van der Waals surface area (Å²) in [6, 6.07) is 7.18. The highest BCUT2D eigenvalue weighted by Crippen LogP contribution is 2.28. The molecule has 0 saturated heterocycles. The molecule has 0 amide bonds. The van der Waals surface area contributed by atoms with Crippen LogP contribution in [0.5, 0.6) is 0 Å². The fourth-order valence-corrected chi connectivity index (χ4v) is 2.87. The first-order valence-corrected chi connectivity index (χ1v) is 7.61. The third-order valence-corrected chi connectivity index (χ3v) is 4.15. The van der Waals surface area contributed by atoms with Crippen molar-refractivity contribution in [3.05, 3.63) is 56.5 Å². The monoisotopic (exact) mass is 297 g/mol. The van der Waals surface area contributed by atoms with E-state index >= 15 is 0 Å². The van der Waals surface area contributed by atoms with E-state index in [4.69, 9.17) is 11.6 Å². The Morgan fingerprint density at radius 2 is 2.11 bits per heavy atom. The lowest BCUT2D eigenvalue weighted by Gasteiger charge is -2.18. The first kappa shape index (κ1) is 14.5. The van der Waals surface area contributed by atoms with Crippen LogP contribution in [0.3, 0.4) is 0 Å². The zero-order chi connectivity index (χ0) is 13.8. The average Bonchev–Trinajstić information content (AvgIpc) is 2.80. The van der Waals surface area contributed by atoms with Crippen molar-refractivity contribution in [2.24, 2.45) is 0 Å². The molecule has 19 heavy (non-hydrogen) atoms. The molecular formula is C15H17ClFNS. The maximum atomic E-state index is 13.6. The van der Waals surface area contributed by atoms with E-state index in [0.29, 0.717) is 0 Å². The number of hydrogen-bond acceptors (Lipinski definition) is 2. The van der Waals surface area contributed by atoms with Gasteiger partial charge in [-0.2, -0.15) is 0 Å². The van der Waals surface area contributed by atoms with Gasteiger partial charge in [0, 0.05) is 4.88 Å². The van der Waals surface area contributed by atoms with Gasteiger partial charge in [-0.05, 0) is 54.6 Å². The summed E-state index contributed by atoms with van der Waals surface area (Å²) in [7, 11) is 0. The van der Waals surface area contributed by atoms with E-state index in [2.05, 4.69) is 30.6 Å². The molecule has 0 aliphatic rings. The fraction of sp³-hybridized carbons (Fsp3) is 0.333. The number of hydrogen-bond donors (Lipinski definition) is 1. The second-order valence-electron chi connectivity index (χ2n) is 4.55. The standard InChI is InChI=1S/C15H17ClFNS/c1-3-6-18-15(12-7-10(2)19-9-12)11-4-5-13(16)14(17)8-11/h4-5,7-9,15,18H,3,6H2,1-2H3. The Morgan fingerprint density at radius 3 is 2.68 bits per heavy atom. The van der Waals surface area contributed by atoms with E-state index in [1.165, 1.54) is 16.5 Å². The lowest BCUT2D eigenvalue weighted by molar-refractivity contribution is 0.586. The van der Waals surface area contributed by atoms with Gasteiger partial charge in [0.1, 0.15) is 5.82 Å². The Morgan fingerprint density at radius 1 is 1.32 bits per heavy atom. The van der Waals surface area contributed by atoms with Gasteiger partial charge in [0.05, 0.1) is 11.1 Å². The first-order valence-electron chi connectivity index (χ1n) is 6.35. The quantitative estimate of drug-likeness (QED) is 0.824. The topological polar surface area (TPSA) is 12.0 Å². The van der Waals surface area contributed by atoms with E-state index in [1.807, 2.05) is 6.07 Å². The highest BCUT2D eigenvalue weighted by atomic mass is 35.5. The largest absolute Gasteiger partial charge is 0.306 e. The van der Waals surface area contributed by atoms with Crippen LogP contribution in [0.25, 0.3) is 0 Å². The van der Waals surface area contributed by atoms with Crippen LogP contribution in [0.1, 0.15) is 35.4 Å². The molecule has 1 atom stereocenters. The lowest BCUT2D eigenvalue weighted by Crippen LogP contribution is -2.22. The highest BCUT2D eigenvalue weighted by Gasteiger charge is 2.16. The number of halogens is 2. The molecule has 1 heterocycles. The van der Waals surface area contributed by atoms with Gasteiger partial charge in [0.15, 0.2) is 0 Å². The van der Waals surface area contributed by atoms with Crippen LogP contribution in [0.15, 0.2) is 29.6 Å². The van der Waals surface area contributed by atoms with Crippen LogP contribution >= 0.6 is 22.9 Å². The van der Waals surface area contributed by atoms with Crippen molar-refractivity contribution in [3.8, 4) is 0 Å². The highest BCUT2D eigenvalue weighted by molar-refractivity contribution is 7.10. The van der Waals surface area contributed by atoms with E-state index in [0.717, 1.165) is 18.5 Å². The Balaban J connectivity index is 2.33. The summed E-state index contributed by atoms with van der Waals surface area (Å²) in [6.45, 7) is 5.09. The molecule has 1 unspecified atom stereocenters. The second kappa shape index (κ2) is 6.51. The van der Waals surface area contributed by atoms with E-state index in [1.54, 1.807) is 17.4 Å². The minimum atomic E-state index is -0.366. The summed E-state index contributed by atoms with van der Waals surface area (Å²) in [4.78, 5) is 1.26. The molecule has 4 heteroatoms. The summed E-state index contributed by atoms with van der Waals surface area (Å²) in [5, 5.41) is 5.75. The summed E-state index contributed by atoms with van der Waals surface area (Å²) in [5.74, 6) is -0.366. The Hall–Kier alpha value is -0.900. The van der Waals surface area contributed by atoms with Crippen LogP contribution in [0.2, 0.25) is 5.02 Å². The molecule has 102 valence electrons. The number of thiophene rings is 1. The van der Waals surface area contributed by atoms with Gasteiger partial charge in [0.25, 0.3) is 0 Å². The van der Waals surface area contributed by atoms with Crippen LogP contribution < -0.4 is 5.32 Å². The second-order valence-corrected chi connectivity index (χ2v) is 6.07. The molecule has 0 bridgehead atoms. The maximum absolute atomic E-state index is 13.6. The number of nitrogens with one attached hydrogen (secondary N) is 1. The molecule has 1 aromatic heterocycles. The average molecular weight is 298 g/mol. The van der Waals surface area contributed by atoms with Gasteiger partial charge in [0.2, 0.25) is 0 Å². The summed E-state index contributed by atoms with van der Waals surface area (Å²) < 4.78 is 13.6. The molecule has 0 saturated carbocycles. The van der Waals surface area contributed by atoms with Crippen molar-refractivity contribution in [1.82, 2.24) is 5.32 Å². The molecule has 1 aromatic carbocycles. The normalized spacial score (nSPS) is 12.6. The van der Waals surface area contributed by atoms with Gasteiger partial charge in [-0.1, -0.05) is 24.6 Å². The Labute approximate surface area is 122 Å². The van der Waals surface area contributed by atoms with Crippen LogP contribution in [-0.2, 0) is 0 Å². The van der Waals surface area contributed by atoms with Crippen LogP contribution in [0, 0.1) is 12.7 Å². The van der Waals surface area contributed by atoms with Crippen molar-refractivity contribution in [2.75, 3.05) is 6.54 Å². The molecule has 0 aliphatic carbocycles. The van der Waals surface area contributed by atoms with Gasteiger partial charge >= 0.3 is 0 Å². The molecule has 2 aromatic rings. The van der Waals surface area contributed by atoms with Crippen molar-refractivity contribution in [2.45, 2.75) is 26.3 Å². The third kappa shape index (κ3) is 3.56. The summed E-state index contributed by atoms with van der Waals surface area (Å²) >= 11 is 7.45. The minimum Gasteiger partial charge on any atom is -0.306 e. The van der Waals surface area contributed by atoms with E-state index < -0.39 is 0 Å². The molecule has 0 fully saturated rings. The van der Waals surface area contributed by atoms with Crippen molar-refractivity contribution in [3.63, 3.8) is 0 Å². The predicted molar refractivity (Wildman–Crippen MR) is 80.6 cm³/mol. The third-order valence-electron chi connectivity index (χ3n) is 2.96. The zero-order valence-corrected chi connectivity index (χ0v) is 12.6. The van der Waals surface area contributed by atoms with E-state index in [-0.39, 0.29) is 16.9 Å². The molecule has 0 radical (unpaired) electrons. The Bertz CT molecular complexity index is 553. The van der Waals surface area contributed by atoms with Crippen molar-refractivity contribution >= 4 is 22.9 Å². The van der Waals surface area contributed by atoms with Gasteiger partial charge < -0.3 is 5.32 Å². The predicted octanol–water partition coefficient (Wildman–Crippen LogP) is 4.94. The molecule has 0 aliphatic heterocycles. The summed E-state index contributed by atoms with van der Waals surface area (Å²) in [6.07, 6.45) is 1.04. The molecular weight excluding hydrogens is 281 g/mol. The minimum absolute atomic E-state index is 0.0247. The van der Waals surface area contributed by atoms with E-state index in [9.17, 15) is 4.39 Å². The maximum Gasteiger partial charge on any atom is 0.142 e. The molecule has 0 spiro atoms. The van der Waals surface area contributed by atoms with Gasteiger partial charge in [-0.25, -0.2) is 4.39 Å². The first-order chi connectivity index (χ1) is 9.11. The lowest BCUT2D eigenvalue weighted by atomic mass is 10.0. The van der Waals surface area contributed by atoms with Crippen molar-refractivity contribution in [1.29, 1.82) is 0 Å². The van der Waals surface area contributed by atoms with Gasteiger partial charge in [-0.15, -0.1) is 11.3 Å². The molecule has 1 nitrogen and oxygen atoms in total. The number of benzene rings is 1. The molecule has 1 N–H and O–H groups in total. The smallest absolute Gasteiger partial charge is 0.142 e. The summed E-state index contributed by atoms with van der Waals surface area (Å²) in [5.41, 5.74) is 2.09. The number of aryl methyl sites for hydroxylation is 1. The zero-order valence-electron chi connectivity index (χ0n) is 11.0. The fourth-order valence-electron chi connectivity index (χ4n) is 2.02. The SMILES string of the molecule is CCCNC(c1csc(C)c1)c1ccc(Cl)c(F)c1. The van der Waals surface area contributed by atoms with Crippen LogP contribution in [-0.4, -0.2) is 6.54 Å². The number of rotatable bonds is 5. The Kier molecular flexibility index (Phi) is 4.97. The van der Waals surface area contributed by atoms with Crippen LogP contribution in [0.4, 0.5) is 4.39 Å². The molecule has 2 rings (SSSR count). The van der Waals surface area contributed by atoms with Crippen molar-refractivity contribution < 1.29 is 4.39 Å². The van der Waals surface area contributed by atoms with Gasteiger partial charge in [-0.3, -0.25) is 0 Å².